The molecule has 0 heterocycles. The Hall–Kier alpha value is -2.90. The zero-order chi connectivity index (χ0) is 19.7. The van der Waals surface area contributed by atoms with Crippen LogP contribution in [-0.4, -0.2) is 32.8 Å². The van der Waals surface area contributed by atoms with Gasteiger partial charge in [-0.2, -0.15) is 13.2 Å². The number of nitrogens with one attached hydrogen (secondary N) is 2. The first-order valence-corrected chi connectivity index (χ1v) is 8.34. The topological polar surface area (TPSA) is 59.6 Å². The number of halogens is 3. The third kappa shape index (κ3) is 6.73. The molecule has 2 N–H and O–H groups in total. The molecule has 0 saturated heterocycles. The van der Waals surface area contributed by atoms with Gasteiger partial charge in [0.25, 0.3) is 0 Å². The number of carbonyl (C=O) groups excluding carboxylic acids is 1. The summed E-state index contributed by atoms with van der Waals surface area (Å²) in [6.45, 7) is 0.617. The van der Waals surface area contributed by atoms with Crippen LogP contribution in [-0.2, 0) is 12.6 Å². The van der Waals surface area contributed by atoms with Crippen LogP contribution in [0.4, 0.5) is 18.0 Å². The molecular formula is C19H21F3N2O3. The number of ether oxygens (including phenoxy) is 2. The van der Waals surface area contributed by atoms with Crippen LogP contribution in [0, 0.1) is 0 Å². The van der Waals surface area contributed by atoms with Crippen molar-refractivity contribution in [1.29, 1.82) is 0 Å². The number of hydrogen-bond acceptors (Lipinski definition) is 3. The summed E-state index contributed by atoms with van der Waals surface area (Å²) in [7, 11) is 1.57. The van der Waals surface area contributed by atoms with E-state index in [1.165, 1.54) is 12.1 Å². The first-order chi connectivity index (χ1) is 12.9. The standard InChI is InChI=1S/C19H21F3N2O3/c1-26-15-6-8-16(9-7-15)27-13-12-24-18(25)23-11-10-14-4-2-3-5-17(14)19(20,21)22/h2-9H,10-13H2,1H3,(H2,23,24,25). The van der Waals surface area contributed by atoms with Crippen LogP contribution in [0.5, 0.6) is 11.5 Å². The zero-order valence-corrected chi connectivity index (χ0v) is 14.8. The normalized spacial score (nSPS) is 11.0. The van der Waals surface area contributed by atoms with Crippen molar-refractivity contribution < 1.29 is 27.4 Å². The maximum Gasteiger partial charge on any atom is 0.416 e. The van der Waals surface area contributed by atoms with E-state index >= 15 is 0 Å². The van der Waals surface area contributed by atoms with Gasteiger partial charge in [-0.15, -0.1) is 0 Å². The highest BCUT2D eigenvalue weighted by atomic mass is 19.4. The number of alkyl halides is 3. The molecule has 0 aliphatic heterocycles. The Kier molecular flexibility index (Phi) is 7.34. The molecule has 2 aromatic rings. The molecular weight excluding hydrogens is 361 g/mol. The Morgan fingerprint density at radius 1 is 0.963 bits per heavy atom. The van der Waals surface area contributed by atoms with Gasteiger partial charge in [0.05, 0.1) is 19.2 Å². The molecule has 27 heavy (non-hydrogen) atoms. The van der Waals surface area contributed by atoms with Crippen molar-refractivity contribution in [2.45, 2.75) is 12.6 Å². The van der Waals surface area contributed by atoms with Crippen LogP contribution < -0.4 is 20.1 Å². The van der Waals surface area contributed by atoms with Gasteiger partial charge < -0.3 is 20.1 Å². The van der Waals surface area contributed by atoms with E-state index in [1.807, 2.05) is 0 Å². The Morgan fingerprint density at radius 2 is 1.59 bits per heavy atom. The molecule has 0 radical (unpaired) electrons. The fourth-order valence-corrected chi connectivity index (χ4v) is 2.39. The zero-order valence-electron chi connectivity index (χ0n) is 14.8. The molecule has 2 rings (SSSR count). The molecule has 0 fully saturated rings. The summed E-state index contributed by atoms with van der Waals surface area (Å²) in [5.74, 6) is 1.36. The second-order valence-corrected chi connectivity index (χ2v) is 5.61. The molecule has 0 saturated carbocycles. The number of methoxy groups -OCH3 is 1. The van der Waals surface area contributed by atoms with Crippen molar-refractivity contribution in [3.8, 4) is 11.5 Å². The van der Waals surface area contributed by atoms with Crippen LogP contribution in [0.1, 0.15) is 11.1 Å². The third-order valence-corrected chi connectivity index (χ3v) is 3.72. The number of carbonyl (C=O) groups is 1. The first-order valence-electron chi connectivity index (χ1n) is 8.34. The molecule has 0 aromatic heterocycles. The fraction of sp³-hybridized carbons (Fsp3) is 0.316. The molecule has 8 heteroatoms. The summed E-state index contributed by atoms with van der Waals surface area (Å²) in [6, 6.07) is 11.9. The molecule has 146 valence electrons. The van der Waals surface area contributed by atoms with Crippen molar-refractivity contribution in [3.05, 3.63) is 59.7 Å². The molecule has 0 unspecified atom stereocenters. The molecule has 5 nitrogen and oxygen atoms in total. The average molecular weight is 382 g/mol. The molecule has 0 spiro atoms. The number of hydrogen-bond donors (Lipinski definition) is 2. The quantitative estimate of drug-likeness (QED) is 0.686. The lowest BCUT2D eigenvalue weighted by molar-refractivity contribution is -0.138. The first kappa shape index (κ1) is 20.4. The maximum atomic E-state index is 12.9. The average Bonchev–Trinajstić information content (AvgIpc) is 2.65. The number of rotatable bonds is 8. The van der Waals surface area contributed by atoms with Gasteiger partial charge in [-0.05, 0) is 42.3 Å². The second-order valence-electron chi connectivity index (χ2n) is 5.61. The molecule has 2 amide bonds. The van der Waals surface area contributed by atoms with Gasteiger partial charge in [0, 0.05) is 6.54 Å². The van der Waals surface area contributed by atoms with E-state index in [9.17, 15) is 18.0 Å². The van der Waals surface area contributed by atoms with Gasteiger partial charge in [-0.1, -0.05) is 18.2 Å². The lowest BCUT2D eigenvalue weighted by atomic mass is 10.0. The van der Waals surface area contributed by atoms with E-state index in [2.05, 4.69) is 10.6 Å². The largest absolute Gasteiger partial charge is 0.497 e. The lowest BCUT2D eigenvalue weighted by Gasteiger charge is -2.13. The van der Waals surface area contributed by atoms with Gasteiger partial charge in [0.2, 0.25) is 0 Å². The van der Waals surface area contributed by atoms with Crippen LogP contribution in [0.2, 0.25) is 0 Å². The monoisotopic (exact) mass is 382 g/mol. The summed E-state index contributed by atoms with van der Waals surface area (Å²) in [6.07, 6.45) is -4.32. The van der Waals surface area contributed by atoms with Crippen molar-refractivity contribution in [2.75, 3.05) is 26.8 Å². The third-order valence-electron chi connectivity index (χ3n) is 3.72. The summed E-state index contributed by atoms with van der Waals surface area (Å²) < 4.78 is 49.2. The highest BCUT2D eigenvalue weighted by molar-refractivity contribution is 5.73. The summed E-state index contributed by atoms with van der Waals surface area (Å²) >= 11 is 0. The minimum atomic E-state index is -4.41. The SMILES string of the molecule is COc1ccc(OCCNC(=O)NCCc2ccccc2C(F)(F)F)cc1. The second kappa shape index (κ2) is 9.70. The molecule has 0 aliphatic carbocycles. The van der Waals surface area contributed by atoms with Gasteiger partial charge in [0.1, 0.15) is 18.1 Å². The Bertz CT molecular complexity index is 734. The van der Waals surface area contributed by atoms with Crippen LogP contribution in [0.3, 0.4) is 0 Å². The van der Waals surface area contributed by atoms with E-state index in [4.69, 9.17) is 9.47 Å². The Balaban J connectivity index is 1.67. The highest BCUT2D eigenvalue weighted by Crippen LogP contribution is 2.31. The summed E-state index contributed by atoms with van der Waals surface area (Å²) in [5.41, 5.74) is -0.534. The van der Waals surface area contributed by atoms with Crippen molar-refractivity contribution >= 4 is 6.03 Å². The summed E-state index contributed by atoms with van der Waals surface area (Å²) in [4.78, 5) is 11.7. The number of urea groups is 1. The predicted molar refractivity (Wildman–Crippen MR) is 95.0 cm³/mol. The predicted octanol–water partition coefficient (Wildman–Crippen LogP) is 3.63. The molecule has 2 aromatic carbocycles. The number of benzene rings is 2. The Morgan fingerprint density at radius 3 is 2.26 bits per heavy atom. The molecule has 0 aliphatic rings. The Labute approximate surface area is 155 Å². The fourth-order valence-electron chi connectivity index (χ4n) is 2.39. The van der Waals surface area contributed by atoms with E-state index < -0.39 is 17.8 Å². The smallest absolute Gasteiger partial charge is 0.416 e. The maximum absolute atomic E-state index is 12.9. The van der Waals surface area contributed by atoms with Gasteiger partial charge in [-0.3, -0.25) is 0 Å². The van der Waals surface area contributed by atoms with E-state index in [1.54, 1.807) is 37.4 Å². The summed E-state index contributed by atoms with van der Waals surface area (Å²) in [5, 5.41) is 5.12. The molecule has 0 bridgehead atoms. The van der Waals surface area contributed by atoms with Gasteiger partial charge >= 0.3 is 12.2 Å². The van der Waals surface area contributed by atoms with Crippen LogP contribution >= 0.6 is 0 Å². The minimum absolute atomic E-state index is 0.0887. The van der Waals surface area contributed by atoms with Crippen molar-refractivity contribution in [2.24, 2.45) is 0 Å². The van der Waals surface area contributed by atoms with Crippen LogP contribution in [0.15, 0.2) is 48.5 Å². The van der Waals surface area contributed by atoms with Crippen molar-refractivity contribution in [3.63, 3.8) is 0 Å². The van der Waals surface area contributed by atoms with E-state index in [0.29, 0.717) is 11.5 Å². The van der Waals surface area contributed by atoms with Crippen molar-refractivity contribution in [1.82, 2.24) is 10.6 Å². The minimum Gasteiger partial charge on any atom is -0.497 e. The lowest BCUT2D eigenvalue weighted by Crippen LogP contribution is -2.38. The van der Waals surface area contributed by atoms with E-state index in [-0.39, 0.29) is 31.7 Å². The van der Waals surface area contributed by atoms with E-state index in [0.717, 1.165) is 6.07 Å². The van der Waals surface area contributed by atoms with Crippen LogP contribution in [0.25, 0.3) is 0 Å². The van der Waals surface area contributed by atoms with Gasteiger partial charge in [-0.25, -0.2) is 4.79 Å². The molecule has 0 atom stereocenters. The van der Waals surface area contributed by atoms with Gasteiger partial charge in [0.15, 0.2) is 0 Å². The highest BCUT2D eigenvalue weighted by Gasteiger charge is 2.32. The number of amides is 2.